The van der Waals surface area contributed by atoms with Crippen molar-refractivity contribution in [3.63, 3.8) is 0 Å². The van der Waals surface area contributed by atoms with Gasteiger partial charge in [-0.05, 0) is 73.1 Å². The molecule has 3 aromatic rings. The van der Waals surface area contributed by atoms with E-state index in [1.54, 1.807) is 18.2 Å². The third kappa shape index (κ3) is 11.4. The van der Waals surface area contributed by atoms with Gasteiger partial charge in [0.2, 0.25) is 15.9 Å². The van der Waals surface area contributed by atoms with Crippen LogP contribution in [0, 0.1) is 18.8 Å². The molecular weight excluding hydrogens is 596 g/mol. The Hall–Kier alpha value is -3.95. The molecule has 0 fully saturated rings. The van der Waals surface area contributed by atoms with E-state index in [0.29, 0.717) is 42.5 Å². The van der Waals surface area contributed by atoms with E-state index in [4.69, 9.17) is 0 Å². The van der Waals surface area contributed by atoms with E-state index in [-0.39, 0.29) is 17.9 Å². The molecule has 0 unspecified atom stereocenters. The molecular formula is C37H50N4O4S. The Morgan fingerprint density at radius 3 is 2.24 bits per heavy atom. The summed E-state index contributed by atoms with van der Waals surface area (Å²) in [6.07, 6.45) is 7.13. The summed E-state index contributed by atoms with van der Waals surface area (Å²) in [6, 6.07) is 21.9. The largest absolute Gasteiger partial charge is 0.348 e. The Labute approximate surface area is 275 Å². The molecule has 0 aliphatic rings. The molecule has 0 saturated heterocycles. The third-order valence-corrected chi connectivity index (χ3v) is 9.40. The van der Waals surface area contributed by atoms with Crippen molar-refractivity contribution in [2.75, 3.05) is 29.5 Å². The highest BCUT2D eigenvalue weighted by molar-refractivity contribution is 7.92. The van der Waals surface area contributed by atoms with E-state index < -0.39 is 16.1 Å². The quantitative estimate of drug-likeness (QED) is 0.166. The number of sulfonamides is 1. The fourth-order valence-corrected chi connectivity index (χ4v) is 5.32. The first-order valence-electron chi connectivity index (χ1n) is 16.0. The van der Waals surface area contributed by atoms with Crippen LogP contribution in [0.5, 0.6) is 0 Å². The highest BCUT2D eigenvalue weighted by Crippen LogP contribution is 2.23. The van der Waals surface area contributed by atoms with Crippen LogP contribution < -0.4 is 20.3 Å². The van der Waals surface area contributed by atoms with Gasteiger partial charge >= 0.3 is 0 Å². The van der Waals surface area contributed by atoms with Gasteiger partial charge in [-0.1, -0.05) is 94.3 Å². The molecule has 3 atom stereocenters. The molecule has 0 aromatic heterocycles. The van der Waals surface area contributed by atoms with Crippen LogP contribution in [0.25, 0.3) is 6.08 Å². The van der Waals surface area contributed by atoms with E-state index in [1.165, 1.54) is 11.4 Å². The average molecular weight is 647 g/mol. The second kappa shape index (κ2) is 17.1. The van der Waals surface area contributed by atoms with Crippen LogP contribution in [0.3, 0.4) is 0 Å². The van der Waals surface area contributed by atoms with Gasteiger partial charge < -0.3 is 16.0 Å². The van der Waals surface area contributed by atoms with E-state index in [1.807, 2.05) is 74.5 Å². The number of anilines is 2. The summed E-state index contributed by atoms with van der Waals surface area (Å²) in [5.41, 5.74) is 4.38. The smallest absolute Gasteiger partial charge is 0.251 e. The van der Waals surface area contributed by atoms with Crippen LogP contribution in [0.4, 0.5) is 11.4 Å². The number of amides is 2. The standard InChI is InChI=1S/C37H50N4O4S/c1-8-12-35(37(43)39-32-19-15-27(4)16-20-32)38-25-33(22-29-13-10-9-11-14-29)40-36(42)31-21-30(18-17-28(5)26(2)3)23-34(24-31)41(6)46(7,44)45/h9-11,13-21,23-24,26,28,33,35,38H,8,12,22,25H2,1-7H3,(H,39,43)(H,40,42)/b18-17-/t28-,33+,35+/m1/s1. The van der Waals surface area contributed by atoms with Gasteiger partial charge in [-0.2, -0.15) is 0 Å². The summed E-state index contributed by atoms with van der Waals surface area (Å²) in [4.78, 5) is 27.1. The van der Waals surface area contributed by atoms with Crippen molar-refractivity contribution in [3.05, 3.63) is 101 Å². The highest BCUT2D eigenvalue weighted by atomic mass is 32.2. The van der Waals surface area contributed by atoms with Crippen LogP contribution >= 0.6 is 0 Å². The molecule has 0 bridgehead atoms. The number of carbonyl (C=O) groups excluding carboxylic acids is 2. The molecule has 2 amide bonds. The molecule has 0 heterocycles. The monoisotopic (exact) mass is 646 g/mol. The van der Waals surface area contributed by atoms with Crippen molar-refractivity contribution in [2.24, 2.45) is 11.8 Å². The molecule has 0 spiro atoms. The van der Waals surface area contributed by atoms with Crippen LogP contribution in [-0.2, 0) is 21.2 Å². The normalized spacial score (nSPS) is 13.7. The van der Waals surface area contributed by atoms with E-state index >= 15 is 0 Å². The first-order valence-corrected chi connectivity index (χ1v) is 17.8. The number of allylic oxidation sites excluding steroid dienone is 1. The number of hydrogen-bond donors (Lipinski definition) is 3. The predicted molar refractivity (Wildman–Crippen MR) is 191 cm³/mol. The van der Waals surface area contributed by atoms with Crippen LogP contribution in [0.1, 0.15) is 67.6 Å². The van der Waals surface area contributed by atoms with Crippen molar-refractivity contribution >= 4 is 39.3 Å². The first kappa shape index (κ1) is 36.5. The summed E-state index contributed by atoms with van der Waals surface area (Å²) < 4.78 is 26.0. The molecule has 3 rings (SSSR count). The summed E-state index contributed by atoms with van der Waals surface area (Å²) >= 11 is 0. The second-order valence-electron chi connectivity index (χ2n) is 12.5. The highest BCUT2D eigenvalue weighted by Gasteiger charge is 2.22. The van der Waals surface area contributed by atoms with Gasteiger partial charge in [0.1, 0.15) is 0 Å². The minimum Gasteiger partial charge on any atom is -0.348 e. The van der Waals surface area contributed by atoms with Gasteiger partial charge in [0.05, 0.1) is 18.0 Å². The topological polar surface area (TPSA) is 108 Å². The number of benzene rings is 3. The van der Waals surface area contributed by atoms with Gasteiger partial charge in [0.25, 0.3) is 5.91 Å². The summed E-state index contributed by atoms with van der Waals surface area (Å²) in [5.74, 6) is 0.282. The fourth-order valence-electron chi connectivity index (χ4n) is 4.83. The minimum atomic E-state index is -3.55. The number of nitrogens with one attached hydrogen (secondary N) is 3. The Morgan fingerprint density at radius 2 is 1.63 bits per heavy atom. The molecule has 0 saturated carbocycles. The molecule has 0 aliphatic heterocycles. The number of nitrogens with zero attached hydrogens (tertiary/aromatic N) is 1. The molecule has 248 valence electrons. The van der Waals surface area contributed by atoms with E-state index in [0.717, 1.165) is 35.1 Å². The number of aryl methyl sites for hydroxylation is 1. The number of carbonyl (C=O) groups is 2. The lowest BCUT2D eigenvalue weighted by Crippen LogP contribution is -2.49. The summed E-state index contributed by atoms with van der Waals surface area (Å²) in [5, 5.41) is 9.58. The Balaban J connectivity index is 1.87. The molecule has 46 heavy (non-hydrogen) atoms. The van der Waals surface area contributed by atoms with Crippen LogP contribution in [0.2, 0.25) is 0 Å². The molecule has 3 N–H and O–H groups in total. The summed E-state index contributed by atoms with van der Waals surface area (Å²) in [7, 11) is -2.07. The zero-order valence-electron chi connectivity index (χ0n) is 28.2. The lowest BCUT2D eigenvalue weighted by Gasteiger charge is -2.24. The van der Waals surface area contributed by atoms with Gasteiger partial charge in [-0.15, -0.1) is 0 Å². The Morgan fingerprint density at radius 1 is 0.957 bits per heavy atom. The van der Waals surface area contributed by atoms with Crippen molar-refractivity contribution < 1.29 is 18.0 Å². The number of rotatable bonds is 16. The van der Waals surface area contributed by atoms with Crippen molar-refractivity contribution in [1.82, 2.24) is 10.6 Å². The lowest BCUT2D eigenvalue weighted by atomic mass is 9.96. The van der Waals surface area contributed by atoms with Crippen LogP contribution in [-0.4, -0.2) is 52.2 Å². The maximum absolute atomic E-state index is 13.8. The zero-order chi connectivity index (χ0) is 33.9. The molecule has 0 radical (unpaired) electrons. The third-order valence-electron chi connectivity index (χ3n) is 8.19. The maximum Gasteiger partial charge on any atom is 0.251 e. The second-order valence-corrected chi connectivity index (χ2v) is 14.5. The fraction of sp³-hybridized carbons (Fsp3) is 0.405. The van der Waals surface area contributed by atoms with Crippen molar-refractivity contribution in [3.8, 4) is 0 Å². The van der Waals surface area contributed by atoms with Gasteiger partial charge in [-0.3, -0.25) is 13.9 Å². The van der Waals surface area contributed by atoms with E-state index in [2.05, 4.69) is 42.8 Å². The SMILES string of the molecule is CCC[C@H](NC[C@H](Cc1ccccc1)NC(=O)c1cc(/C=C\[C@@H](C)C(C)C)cc(N(C)S(C)(=O)=O)c1)C(=O)Nc1ccc(C)cc1. The van der Waals surface area contributed by atoms with Crippen molar-refractivity contribution in [2.45, 2.75) is 66.0 Å². The van der Waals surface area contributed by atoms with E-state index in [9.17, 15) is 18.0 Å². The Bertz CT molecular complexity index is 1570. The molecule has 8 nitrogen and oxygen atoms in total. The lowest BCUT2D eigenvalue weighted by molar-refractivity contribution is -0.118. The van der Waals surface area contributed by atoms with Gasteiger partial charge in [0, 0.05) is 30.9 Å². The van der Waals surface area contributed by atoms with Gasteiger partial charge in [0.15, 0.2) is 0 Å². The minimum absolute atomic E-state index is 0.126. The predicted octanol–water partition coefficient (Wildman–Crippen LogP) is 6.43. The number of hydrogen-bond acceptors (Lipinski definition) is 5. The maximum atomic E-state index is 13.8. The zero-order valence-corrected chi connectivity index (χ0v) is 29.0. The molecule has 9 heteroatoms. The molecule has 0 aliphatic carbocycles. The van der Waals surface area contributed by atoms with Crippen LogP contribution in [0.15, 0.2) is 78.9 Å². The Kier molecular flexibility index (Phi) is 13.6. The molecule has 3 aromatic carbocycles. The van der Waals surface area contributed by atoms with Gasteiger partial charge in [-0.25, -0.2) is 8.42 Å². The first-order chi connectivity index (χ1) is 21.8. The summed E-state index contributed by atoms with van der Waals surface area (Å²) in [6.45, 7) is 10.8. The van der Waals surface area contributed by atoms with Crippen molar-refractivity contribution in [1.29, 1.82) is 0 Å². The average Bonchev–Trinajstić information content (AvgIpc) is 3.02.